The first-order valence-electron chi connectivity index (χ1n) is 11.0. The van der Waals surface area contributed by atoms with E-state index in [1.54, 1.807) is 18.2 Å². The second-order valence-corrected chi connectivity index (χ2v) is 8.35. The maximum absolute atomic E-state index is 12.8. The molecule has 0 bridgehead atoms. The molecule has 3 amide bonds. The van der Waals surface area contributed by atoms with Gasteiger partial charge >= 0.3 is 0 Å². The van der Waals surface area contributed by atoms with Crippen LogP contribution in [-0.2, 0) is 4.79 Å². The van der Waals surface area contributed by atoms with E-state index in [9.17, 15) is 14.4 Å². The molecule has 0 radical (unpaired) electrons. The number of carbonyl (C=O) groups is 3. The van der Waals surface area contributed by atoms with Gasteiger partial charge in [-0.15, -0.1) is 6.58 Å². The molecular weight excluding hydrogens is 402 g/mol. The van der Waals surface area contributed by atoms with E-state index >= 15 is 0 Å². The number of piperidine rings is 1. The van der Waals surface area contributed by atoms with Crippen LogP contribution in [0.5, 0.6) is 0 Å². The average molecular weight is 434 g/mol. The fourth-order valence-corrected chi connectivity index (χ4v) is 4.01. The summed E-state index contributed by atoms with van der Waals surface area (Å²) in [6, 6.07) is 14.2. The molecule has 1 fully saturated rings. The van der Waals surface area contributed by atoms with Crippen molar-refractivity contribution in [1.82, 2.24) is 15.5 Å². The number of amides is 3. The van der Waals surface area contributed by atoms with Gasteiger partial charge in [-0.1, -0.05) is 41.5 Å². The molecule has 2 aromatic rings. The standard InChI is InChI=1S/C26H31N3O3/c1-4-14-27-25(31)23(28-24(30)22-7-5-6-19(3)17-22)20-12-15-29(16-13-20)26(32)21-10-8-18(2)9-11-21/h4-11,17,20,23H,1,12-16H2,2-3H3,(H,27,31)(H,28,30). The number of nitrogens with zero attached hydrogens (tertiary/aromatic N) is 1. The van der Waals surface area contributed by atoms with E-state index in [1.807, 2.05) is 55.1 Å². The normalized spacial score (nSPS) is 15.0. The summed E-state index contributed by atoms with van der Waals surface area (Å²) >= 11 is 0. The van der Waals surface area contributed by atoms with Crippen molar-refractivity contribution < 1.29 is 14.4 Å². The zero-order chi connectivity index (χ0) is 23.1. The monoisotopic (exact) mass is 433 g/mol. The highest BCUT2D eigenvalue weighted by molar-refractivity contribution is 5.98. The summed E-state index contributed by atoms with van der Waals surface area (Å²) in [7, 11) is 0. The Morgan fingerprint density at radius 1 is 1.03 bits per heavy atom. The lowest BCUT2D eigenvalue weighted by molar-refractivity contribution is -0.124. The molecule has 0 saturated carbocycles. The number of rotatable bonds is 7. The van der Waals surface area contributed by atoms with Gasteiger partial charge in [-0.2, -0.15) is 0 Å². The van der Waals surface area contributed by atoms with Crippen molar-refractivity contribution in [2.24, 2.45) is 5.92 Å². The first kappa shape index (κ1) is 23.3. The van der Waals surface area contributed by atoms with Crippen LogP contribution in [0.2, 0.25) is 0 Å². The van der Waals surface area contributed by atoms with Crippen LogP contribution in [0.25, 0.3) is 0 Å². The Bertz CT molecular complexity index is 976. The first-order chi connectivity index (χ1) is 15.4. The molecule has 6 heteroatoms. The predicted octanol–water partition coefficient (Wildman–Crippen LogP) is 3.26. The van der Waals surface area contributed by atoms with Crippen LogP contribution in [0.15, 0.2) is 61.2 Å². The van der Waals surface area contributed by atoms with Crippen LogP contribution in [0.1, 0.15) is 44.7 Å². The Kier molecular flexibility index (Phi) is 7.82. The number of hydrogen-bond donors (Lipinski definition) is 2. The van der Waals surface area contributed by atoms with E-state index in [1.165, 1.54) is 0 Å². The van der Waals surface area contributed by atoms with E-state index in [0.717, 1.165) is 11.1 Å². The molecular formula is C26H31N3O3. The van der Waals surface area contributed by atoms with Crippen LogP contribution in [0.4, 0.5) is 0 Å². The van der Waals surface area contributed by atoms with Gasteiger partial charge in [0.1, 0.15) is 6.04 Å². The van der Waals surface area contributed by atoms with Gasteiger partial charge in [-0.25, -0.2) is 0 Å². The molecule has 6 nitrogen and oxygen atoms in total. The van der Waals surface area contributed by atoms with E-state index < -0.39 is 6.04 Å². The van der Waals surface area contributed by atoms with E-state index in [4.69, 9.17) is 0 Å². The van der Waals surface area contributed by atoms with Crippen molar-refractivity contribution in [1.29, 1.82) is 0 Å². The highest BCUT2D eigenvalue weighted by Gasteiger charge is 2.34. The lowest BCUT2D eigenvalue weighted by Crippen LogP contribution is -2.53. The van der Waals surface area contributed by atoms with Crippen molar-refractivity contribution >= 4 is 17.7 Å². The van der Waals surface area contributed by atoms with Gasteiger partial charge in [0, 0.05) is 30.8 Å². The Morgan fingerprint density at radius 3 is 2.34 bits per heavy atom. The Labute approximate surface area is 189 Å². The fourth-order valence-electron chi connectivity index (χ4n) is 4.01. The number of likely N-dealkylation sites (tertiary alicyclic amines) is 1. The summed E-state index contributed by atoms with van der Waals surface area (Å²) in [5.74, 6) is -0.560. The maximum atomic E-state index is 12.8. The van der Waals surface area contributed by atoms with Crippen molar-refractivity contribution in [3.05, 3.63) is 83.4 Å². The lowest BCUT2D eigenvalue weighted by atomic mass is 9.88. The third-order valence-electron chi connectivity index (χ3n) is 5.87. The maximum Gasteiger partial charge on any atom is 0.253 e. The van der Waals surface area contributed by atoms with Gasteiger partial charge in [0.15, 0.2) is 0 Å². The fraction of sp³-hybridized carbons (Fsp3) is 0.346. The summed E-state index contributed by atoms with van der Waals surface area (Å²) < 4.78 is 0. The van der Waals surface area contributed by atoms with Crippen LogP contribution in [0.3, 0.4) is 0 Å². The molecule has 1 aliphatic heterocycles. The van der Waals surface area contributed by atoms with Crippen LogP contribution >= 0.6 is 0 Å². The highest BCUT2D eigenvalue weighted by atomic mass is 16.2. The lowest BCUT2D eigenvalue weighted by Gasteiger charge is -2.36. The number of aryl methyl sites for hydroxylation is 2. The Hall–Kier alpha value is -3.41. The summed E-state index contributed by atoms with van der Waals surface area (Å²) in [6.07, 6.45) is 2.88. The van der Waals surface area contributed by atoms with Gasteiger partial charge in [0.25, 0.3) is 11.8 Å². The first-order valence-corrected chi connectivity index (χ1v) is 11.0. The molecule has 168 valence electrons. The third-order valence-corrected chi connectivity index (χ3v) is 5.87. The zero-order valence-corrected chi connectivity index (χ0v) is 18.8. The molecule has 0 aliphatic carbocycles. The minimum atomic E-state index is -0.667. The van der Waals surface area contributed by atoms with Gasteiger partial charge in [0.05, 0.1) is 0 Å². The number of carbonyl (C=O) groups excluding carboxylic acids is 3. The summed E-state index contributed by atoms with van der Waals surface area (Å²) in [4.78, 5) is 40.3. The van der Waals surface area contributed by atoms with Crippen molar-refractivity contribution in [2.45, 2.75) is 32.7 Å². The van der Waals surface area contributed by atoms with Gasteiger partial charge in [-0.3, -0.25) is 14.4 Å². The molecule has 1 atom stereocenters. The molecule has 1 heterocycles. The summed E-state index contributed by atoms with van der Waals surface area (Å²) in [6.45, 7) is 8.97. The second kappa shape index (κ2) is 10.8. The highest BCUT2D eigenvalue weighted by Crippen LogP contribution is 2.23. The Balaban J connectivity index is 1.68. The third kappa shape index (κ3) is 5.84. The smallest absolute Gasteiger partial charge is 0.253 e. The van der Waals surface area contributed by atoms with Crippen molar-refractivity contribution in [3.63, 3.8) is 0 Å². The quantitative estimate of drug-likeness (QED) is 0.658. The second-order valence-electron chi connectivity index (χ2n) is 8.35. The minimum absolute atomic E-state index is 0.0000877. The van der Waals surface area contributed by atoms with Gasteiger partial charge < -0.3 is 15.5 Å². The summed E-state index contributed by atoms with van der Waals surface area (Å²) in [5.41, 5.74) is 3.28. The van der Waals surface area contributed by atoms with Crippen LogP contribution < -0.4 is 10.6 Å². The molecule has 0 aromatic heterocycles. The molecule has 2 N–H and O–H groups in total. The predicted molar refractivity (Wildman–Crippen MR) is 125 cm³/mol. The van der Waals surface area contributed by atoms with Gasteiger partial charge in [-0.05, 0) is 56.9 Å². The molecule has 1 unspecified atom stereocenters. The molecule has 1 aliphatic rings. The topological polar surface area (TPSA) is 78.5 Å². The van der Waals surface area contributed by atoms with E-state index in [0.29, 0.717) is 43.6 Å². The molecule has 3 rings (SSSR count). The van der Waals surface area contributed by atoms with Crippen LogP contribution in [-0.4, -0.2) is 48.3 Å². The largest absolute Gasteiger partial charge is 0.351 e. The molecule has 0 spiro atoms. The molecule has 32 heavy (non-hydrogen) atoms. The minimum Gasteiger partial charge on any atom is -0.351 e. The summed E-state index contributed by atoms with van der Waals surface area (Å²) in [5, 5.41) is 5.74. The SMILES string of the molecule is C=CCNC(=O)C(NC(=O)c1cccc(C)c1)C1CCN(C(=O)c2ccc(C)cc2)CC1. The molecule has 1 saturated heterocycles. The average Bonchev–Trinajstić information content (AvgIpc) is 2.81. The van der Waals surface area contributed by atoms with E-state index in [-0.39, 0.29) is 23.6 Å². The van der Waals surface area contributed by atoms with Gasteiger partial charge in [0.2, 0.25) is 5.91 Å². The molecule has 2 aromatic carbocycles. The Morgan fingerprint density at radius 2 is 1.72 bits per heavy atom. The number of hydrogen-bond acceptors (Lipinski definition) is 3. The number of benzene rings is 2. The van der Waals surface area contributed by atoms with Crippen molar-refractivity contribution in [2.75, 3.05) is 19.6 Å². The van der Waals surface area contributed by atoms with E-state index in [2.05, 4.69) is 17.2 Å². The number of nitrogens with one attached hydrogen (secondary N) is 2. The van der Waals surface area contributed by atoms with Crippen LogP contribution in [0, 0.1) is 19.8 Å². The van der Waals surface area contributed by atoms with Crippen molar-refractivity contribution in [3.8, 4) is 0 Å². The zero-order valence-electron chi connectivity index (χ0n) is 18.8.